The second kappa shape index (κ2) is 4.27. The second-order valence-electron chi connectivity index (χ2n) is 4.28. The fourth-order valence-corrected chi connectivity index (χ4v) is 1.82. The summed E-state index contributed by atoms with van der Waals surface area (Å²) >= 11 is 0. The van der Waals surface area contributed by atoms with Gasteiger partial charge in [-0.15, -0.1) is 0 Å². The molecular formula is C12H15F2N. The van der Waals surface area contributed by atoms with Crippen LogP contribution in [0.1, 0.15) is 24.8 Å². The first kappa shape index (κ1) is 10.6. The smallest absolute Gasteiger partial charge is 0.126 e. The van der Waals surface area contributed by atoms with Crippen molar-refractivity contribution < 1.29 is 8.78 Å². The van der Waals surface area contributed by atoms with Crippen molar-refractivity contribution >= 4 is 0 Å². The van der Waals surface area contributed by atoms with Crippen molar-refractivity contribution in [2.75, 3.05) is 0 Å². The zero-order valence-electron chi connectivity index (χ0n) is 8.55. The maximum atomic E-state index is 13.2. The van der Waals surface area contributed by atoms with Crippen LogP contribution in [0.2, 0.25) is 0 Å². The maximum absolute atomic E-state index is 13.2. The van der Waals surface area contributed by atoms with Crippen LogP contribution in [0.15, 0.2) is 18.2 Å². The summed E-state index contributed by atoms with van der Waals surface area (Å²) in [6, 6.07) is 3.72. The van der Waals surface area contributed by atoms with Crippen LogP contribution in [0, 0.1) is 17.6 Å². The molecule has 1 unspecified atom stereocenters. The lowest BCUT2D eigenvalue weighted by Gasteiger charge is -2.10. The quantitative estimate of drug-likeness (QED) is 0.814. The molecule has 0 saturated heterocycles. The fraction of sp³-hybridized carbons (Fsp3) is 0.500. The van der Waals surface area contributed by atoms with Crippen molar-refractivity contribution in [3.8, 4) is 0 Å². The molecule has 0 spiro atoms. The van der Waals surface area contributed by atoms with Crippen LogP contribution in [-0.4, -0.2) is 6.04 Å². The van der Waals surface area contributed by atoms with E-state index in [1.807, 2.05) is 0 Å². The normalized spacial score (nSPS) is 17.8. The largest absolute Gasteiger partial charge is 0.327 e. The summed E-state index contributed by atoms with van der Waals surface area (Å²) < 4.78 is 26.1. The zero-order valence-corrected chi connectivity index (χ0v) is 8.55. The lowest BCUT2D eigenvalue weighted by atomic mass is 10.0. The Morgan fingerprint density at radius 2 is 2.07 bits per heavy atom. The predicted molar refractivity (Wildman–Crippen MR) is 55.4 cm³/mol. The van der Waals surface area contributed by atoms with E-state index in [0.717, 1.165) is 12.5 Å². The minimum Gasteiger partial charge on any atom is -0.327 e. The van der Waals surface area contributed by atoms with Crippen molar-refractivity contribution in [1.82, 2.24) is 0 Å². The highest BCUT2D eigenvalue weighted by Crippen LogP contribution is 2.33. The van der Waals surface area contributed by atoms with Gasteiger partial charge in [0.2, 0.25) is 0 Å². The molecule has 1 fully saturated rings. The molecule has 0 amide bonds. The Morgan fingerprint density at radius 3 is 2.73 bits per heavy atom. The number of rotatable bonds is 4. The van der Waals surface area contributed by atoms with Gasteiger partial charge < -0.3 is 5.73 Å². The third-order valence-corrected chi connectivity index (χ3v) is 2.98. The molecule has 1 saturated carbocycles. The number of aryl methyl sites for hydroxylation is 1. The molecule has 0 aromatic heterocycles. The first-order valence-electron chi connectivity index (χ1n) is 5.36. The Kier molecular flexibility index (Phi) is 3.00. The second-order valence-corrected chi connectivity index (χ2v) is 4.28. The van der Waals surface area contributed by atoms with Crippen molar-refractivity contribution in [1.29, 1.82) is 0 Å². The molecule has 1 aromatic carbocycles. The maximum Gasteiger partial charge on any atom is 0.126 e. The Morgan fingerprint density at radius 1 is 1.33 bits per heavy atom. The standard InChI is InChI=1S/C12H15F2N/c13-10-4-5-11(14)9(7-10)3-6-12(15)8-1-2-8/h4-5,7-8,12H,1-3,6,15H2. The minimum absolute atomic E-state index is 0.146. The Bertz CT molecular complexity index is 347. The van der Waals surface area contributed by atoms with E-state index in [0.29, 0.717) is 17.9 Å². The first-order valence-corrected chi connectivity index (χ1v) is 5.36. The molecule has 0 bridgehead atoms. The van der Waals surface area contributed by atoms with Gasteiger partial charge in [0.25, 0.3) is 0 Å². The van der Waals surface area contributed by atoms with E-state index in [9.17, 15) is 8.78 Å². The zero-order chi connectivity index (χ0) is 10.8. The highest BCUT2D eigenvalue weighted by molar-refractivity contribution is 5.19. The topological polar surface area (TPSA) is 26.0 Å². The molecule has 82 valence electrons. The van der Waals surface area contributed by atoms with E-state index in [-0.39, 0.29) is 17.7 Å². The van der Waals surface area contributed by atoms with Crippen LogP contribution in [-0.2, 0) is 6.42 Å². The van der Waals surface area contributed by atoms with Gasteiger partial charge in [0.1, 0.15) is 11.6 Å². The van der Waals surface area contributed by atoms with Gasteiger partial charge in [0.15, 0.2) is 0 Å². The van der Waals surface area contributed by atoms with E-state index >= 15 is 0 Å². The van der Waals surface area contributed by atoms with E-state index in [1.165, 1.54) is 25.0 Å². The average Bonchev–Trinajstić information content (AvgIpc) is 3.02. The van der Waals surface area contributed by atoms with Gasteiger partial charge in [0.05, 0.1) is 0 Å². The van der Waals surface area contributed by atoms with Gasteiger partial charge in [-0.2, -0.15) is 0 Å². The van der Waals surface area contributed by atoms with Crippen LogP contribution < -0.4 is 5.73 Å². The molecule has 15 heavy (non-hydrogen) atoms. The van der Waals surface area contributed by atoms with Crippen LogP contribution in [0.5, 0.6) is 0 Å². The van der Waals surface area contributed by atoms with Crippen molar-refractivity contribution in [3.05, 3.63) is 35.4 Å². The summed E-state index contributed by atoms with van der Waals surface area (Å²) in [4.78, 5) is 0. The van der Waals surface area contributed by atoms with Gasteiger partial charge in [-0.1, -0.05) is 0 Å². The van der Waals surface area contributed by atoms with Gasteiger partial charge in [0, 0.05) is 6.04 Å². The lowest BCUT2D eigenvalue weighted by molar-refractivity contribution is 0.530. The van der Waals surface area contributed by atoms with Gasteiger partial charge >= 0.3 is 0 Å². The molecule has 0 aliphatic heterocycles. The lowest BCUT2D eigenvalue weighted by Crippen LogP contribution is -2.23. The SMILES string of the molecule is NC(CCc1cc(F)ccc1F)C1CC1. The Balaban J connectivity index is 1.94. The van der Waals surface area contributed by atoms with Gasteiger partial charge in [-0.25, -0.2) is 8.78 Å². The van der Waals surface area contributed by atoms with Gasteiger partial charge in [-0.05, 0) is 55.4 Å². The minimum atomic E-state index is -0.383. The summed E-state index contributed by atoms with van der Waals surface area (Å²) in [6.07, 6.45) is 3.64. The number of nitrogens with two attached hydrogens (primary N) is 1. The summed E-state index contributed by atoms with van der Waals surface area (Å²) in [7, 11) is 0. The summed E-state index contributed by atoms with van der Waals surface area (Å²) in [5.41, 5.74) is 6.33. The Hall–Kier alpha value is -0.960. The monoisotopic (exact) mass is 211 g/mol. The molecule has 1 atom stereocenters. The molecule has 3 heteroatoms. The first-order chi connectivity index (χ1) is 7.16. The molecule has 1 nitrogen and oxygen atoms in total. The van der Waals surface area contributed by atoms with Crippen LogP contribution in [0.3, 0.4) is 0 Å². The number of halogens is 2. The summed E-state index contributed by atoms with van der Waals surface area (Å²) in [5, 5.41) is 0. The van der Waals surface area contributed by atoms with Crippen LogP contribution in [0.25, 0.3) is 0 Å². The molecule has 1 aliphatic rings. The molecule has 0 heterocycles. The van der Waals surface area contributed by atoms with Crippen LogP contribution in [0.4, 0.5) is 8.78 Å². The molecular weight excluding hydrogens is 196 g/mol. The molecule has 0 radical (unpaired) electrons. The highest BCUT2D eigenvalue weighted by atomic mass is 19.1. The number of hydrogen-bond donors (Lipinski definition) is 1. The number of benzene rings is 1. The Labute approximate surface area is 88.3 Å². The van der Waals surface area contributed by atoms with Crippen molar-refractivity contribution in [2.24, 2.45) is 11.7 Å². The van der Waals surface area contributed by atoms with Gasteiger partial charge in [-0.3, -0.25) is 0 Å². The summed E-state index contributed by atoms with van der Waals surface area (Å²) in [5.74, 6) is -0.104. The van der Waals surface area contributed by atoms with Crippen molar-refractivity contribution in [2.45, 2.75) is 31.7 Å². The number of hydrogen-bond acceptors (Lipinski definition) is 1. The fourth-order valence-electron chi connectivity index (χ4n) is 1.82. The van der Waals surface area contributed by atoms with E-state index < -0.39 is 0 Å². The van der Waals surface area contributed by atoms with Crippen LogP contribution >= 0.6 is 0 Å². The molecule has 1 aromatic rings. The molecule has 1 aliphatic carbocycles. The highest BCUT2D eigenvalue weighted by Gasteiger charge is 2.28. The van der Waals surface area contributed by atoms with E-state index in [2.05, 4.69) is 0 Å². The van der Waals surface area contributed by atoms with E-state index in [1.54, 1.807) is 0 Å². The third kappa shape index (κ3) is 2.75. The van der Waals surface area contributed by atoms with E-state index in [4.69, 9.17) is 5.73 Å². The average molecular weight is 211 g/mol. The molecule has 2 N–H and O–H groups in total. The van der Waals surface area contributed by atoms with Crippen molar-refractivity contribution in [3.63, 3.8) is 0 Å². The predicted octanol–water partition coefficient (Wildman–Crippen LogP) is 2.63. The molecule has 2 rings (SSSR count). The summed E-state index contributed by atoms with van der Waals surface area (Å²) in [6.45, 7) is 0. The third-order valence-electron chi connectivity index (χ3n) is 2.98.